The van der Waals surface area contributed by atoms with Gasteiger partial charge in [0.05, 0.1) is 64.2 Å². The average Bonchev–Trinajstić information content (AvgIpc) is 4.26. The number of nitrogens with one attached hydrogen (secondary N) is 2. The number of likely N-dealkylation sites (tertiary alicyclic amines) is 2. The molecule has 0 bridgehead atoms. The predicted molar refractivity (Wildman–Crippen MR) is 298 cm³/mol. The van der Waals surface area contributed by atoms with Crippen molar-refractivity contribution in [1.29, 1.82) is 0 Å². The first-order valence-electron chi connectivity index (χ1n) is 27.2. The Kier molecular flexibility index (Phi) is 17.5. The standard InChI is InChI=1S/C57H72F3N13O5S/c1-34(36-11-13-37(14-12-36)49-35(2)67-33-79-49)68-53(76)44-26-40(74)29-73(44)54(77)50(56(3,4)5)69-47(75)10-7-6-8-20-70-22-17-41(18-23-70)78-46-16-15-38(24-42(46)58)43-25-39(28-72-32-66-48-51(61)64-31-65-52(48)72)45(27-63-43)71-21-9-19-57(62,30-71)55(59)60/h11-16,24-25,27,31-34,40-41,44,50,55,74H,6-10,17-23,26,28-30,62H2,1-5H3,(H,68,76)(H,69,75)(H2,61,64,65)/t34-,40+,44-,50+,57+/m0/s1. The van der Waals surface area contributed by atoms with Crippen LogP contribution in [0.25, 0.3) is 32.9 Å². The van der Waals surface area contributed by atoms with E-state index in [0.29, 0.717) is 60.3 Å². The van der Waals surface area contributed by atoms with Crippen molar-refractivity contribution in [3.63, 3.8) is 0 Å². The van der Waals surface area contributed by atoms with Gasteiger partial charge in [-0.3, -0.25) is 19.4 Å². The molecule has 0 saturated carbocycles. The minimum atomic E-state index is -2.71. The van der Waals surface area contributed by atoms with Gasteiger partial charge >= 0.3 is 0 Å². The molecule has 6 aromatic rings. The summed E-state index contributed by atoms with van der Waals surface area (Å²) in [7, 11) is 0. The van der Waals surface area contributed by atoms with E-state index in [4.69, 9.17) is 16.2 Å². The zero-order chi connectivity index (χ0) is 56.2. The Labute approximate surface area is 462 Å². The van der Waals surface area contributed by atoms with Crippen LogP contribution in [0.1, 0.15) is 108 Å². The van der Waals surface area contributed by atoms with Crippen LogP contribution in [0, 0.1) is 18.2 Å². The van der Waals surface area contributed by atoms with Gasteiger partial charge in [0, 0.05) is 51.1 Å². The number of carbonyl (C=O) groups is 3. The fraction of sp³-hybridized carbons (Fsp3) is 0.509. The Balaban J connectivity index is 0.731. The van der Waals surface area contributed by atoms with Crippen molar-refractivity contribution in [2.45, 2.75) is 141 Å². The number of aromatic nitrogens is 6. The number of aryl methyl sites for hydroxylation is 1. The predicted octanol–water partition coefficient (Wildman–Crippen LogP) is 7.43. The lowest BCUT2D eigenvalue weighted by atomic mass is 9.85. The molecule has 22 heteroatoms. The number of pyridine rings is 1. The molecule has 79 heavy (non-hydrogen) atoms. The Morgan fingerprint density at radius 1 is 0.962 bits per heavy atom. The van der Waals surface area contributed by atoms with E-state index in [2.05, 4.69) is 40.5 Å². The zero-order valence-electron chi connectivity index (χ0n) is 45.5. The van der Waals surface area contributed by atoms with Gasteiger partial charge in [0.25, 0.3) is 6.43 Å². The minimum Gasteiger partial charge on any atom is -0.487 e. The number of aliphatic hydroxyl groups is 1. The van der Waals surface area contributed by atoms with Crippen molar-refractivity contribution in [2.24, 2.45) is 11.1 Å². The van der Waals surface area contributed by atoms with Crippen LogP contribution >= 0.6 is 11.3 Å². The second-order valence-electron chi connectivity index (χ2n) is 22.6. The highest BCUT2D eigenvalue weighted by Crippen LogP contribution is 2.35. The summed E-state index contributed by atoms with van der Waals surface area (Å²) in [5.41, 5.74) is 17.9. The van der Waals surface area contributed by atoms with Crippen LogP contribution in [0.3, 0.4) is 0 Å². The molecule has 3 fully saturated rings. The molecule has 18 nitrogen and oxygen atoms in total. The lowest BCUT2D eigenvalue weighted by molar-refractivity contribution is -0.144. The van der Waals surface area contributed by atoms with E-state index in [1.54, 1.807) is 40.6 Å². The number of aliphatic hydroxyl groups excluding tert-OH is 1. The summed E-state index contributed by atoms with van der Waals surface area (Å²) < 4.78 is 52.1. The number of amides is 3. The summed E-state index contributed by atoms with van der Waals surface area (Å²) in [6, 6.07) is 12.4. The monoisotopic (exact) mass is 1110 g/mol. The van der Waals surface area contributed by atoms with Gasteiger partial charge in [-0.25, -0.2) is 33.1 Å². The molecule has 3 aliphatic rings. The number of alkyl halides is 2. The molecule has 4 aromatic heterocycles. The summed E-state index contributed by atoms with van der Waals surface area (Å²) in [5.74, 6) is -1.16. The highest BCUT2D eigenvalue weighted by atomic mass is 32.1. The molecule has 2 aromatic carbocycles. The van der Waals surface area contributed by atoms with Gasteiger partial charge in [-0.15, -0.1) is 11.3 Å². The van der Waals surface area contributed by atoms with Crippen LogP contribution in [0.5, 0.6) is 5.75 Å². The summed E-state index contributed by atoms with van der Waals surface area (Å²) in [5, 5.41) is 16.7. The number of benzene rings is 2. The lowest BCUT2D eigenvalue weighted by Crippen LogP contribution is -2.59. The van der Waals surface area contributed by atoms with Gasteiger partial charge in [0.2, 0.25) is 17.7 Å². The Morgan fingerprint density at radius 2 is 1.72 bits per heavy atom. The fourth-order valence-corrected chi connectivity index (χ4v) is 11.8. The average molecular weight is 1110 g/mol. The smallest absolute Gasteiger partial charge is 0.258 e. The van der Waals surface area contributed by atoms with Crippen molar-refractivity contribution in [2.75, 3.05) is 49.9 Å². The maximum absolute atomic E-state index is 15.9. The van der Waals surface area contributed by atoms with E-state index < -0.39 is 47.3 Å². The largest absolute Gasteiger partial charge is 0.487 e. The van der Waals surface area contributed by atoms with Gasteiger partial charge in [-0.2, -0.15) is 0 Å². The number of halogens is 3. The van der Waals surface area contributed by atoms with Crippen molar-refractivity contribution in [1.82, 2.24) is 49.9 Å². The number of hydrogen-bond donors (Lipinski definition) is 5. The topological polar surface area (TPSA) is 236 Å². The zero-order valence-corrected chi connectivity index (χ0v) is 46.3. The van der Waals surface area contributed by atoms with E-state index in [-0.39, 0.29) is 74.4 Å². The number of unbranched alkanes of at least 4 members (excludes halogenated alkanes) is 2. The number of nitrogens with two attached hydrogens (primary N) is 2. The van der Waals surface area contributed by atoms with Crippen LogP contribution in [0.4, 0.5) is 24.7 Å². The van der Waals surface area contributed by atoms with E-state index in [9.17, 15) is 28.3 Å². The van der Waals surface area contributed by atoms with Crippen LogP contribution in [-0.2, 0) is 20.9 Å². The first-order valence-corrected chi connectivity index (χ1v) is 28.1. The normalized spacial score (nSPS) is 20.2. The molecular formula is C57H72F3N13O5S. The summed E-state index contributed by atoms with van der Waals surface area (Å²) in [6.07, 6.45) is 5.54. The van der Waals surface area contributed by atoms with Gasteiger partial charge in [-0.05, 0) is 105 Å². The Hall–Kier alpha value is -6.75. The number of fused-ring (bicyclic) bond motifs is 1. The number of thiazole rings is 1. The number of carbonyl (C=O) groups excluding carboxylic acids is 3. The maximum Gasteiger partial charge on any atom is 0.258 e. The number of nitrogens with zero attached hydrogens (tertiary/aromatic N) is 9. The van der Waals surface area contributed by atoms with Gasteiger partial charge in [0.15, 0.2) is 23.0 Å². The van der Waals surface area contributed by atoms with Gasteiger partial charge < -0.3 is 51.2 Å². The minimum absolute atomic E-state index is 0.00494. The number of hydrogen-bond acceptors (Lipinski definition) is 15. The second-order valence-corrected chi connectivity index (χ2v) is 23.4. The molecule has 0 radical (unpaired) electrons. The highest BCUT2D eigenvalue weighted by Gasteiger charge is 2.45. The van der Waals surface area contributed by atoms with Crippen molar-refractivity contribution < 1.29 is 37.4 Å². The molecule has 3 aliphatic heterocycles. The molecule has 5 atom stereocenters. The second kappa shape index (κ2) is 24.3. The SMILES string of the molecule is Cc1ncsc1-c1ccc([C@H](C)NC(=O)[C@@H]2C[C@@H](O)CN2C(=O)[C@@H](NC(=O)CCCCCN2CCC(Oc3ccc(-c4cc(Cn5cnc6c(N)ncnc65)c(N5CCC[C@](N)(C(F)F)C5)cn4)cc3F)CC2)C(C)(C)C)cc1. The van der Waals surface area contributed by atoms with Crippen molar-refractivity contribution in [3.05, 3.63) is 95.5 Å². The number of β-amino-alcohol motifs (C(OH)–C–C–N with tert-alkyl or cyclic N) is 1. The molecule has 0 aliphatic carbocycles. The maximum atomic E-state index is 15.9. The number of anilines is 2. The first-order chi connectivity index (χ1) is 37.7. The molecule has 0 spiro atoms. The summed E-state index contributed by atoms with van der Waals surface area (Å²) in [6.45, 7) is 12.5. The lowest BCUT2D eigenvalue weighted by Gasteiger charge is -2.41. The highest BCUT2D eigenvalue weighted by molar-refractivity contribution is 7.13. The van der Waals surface area contributed by atoms with E-state index in [0.717, 1.165) is 59.7 Å². The fourth-order valence-electron chi connectivity index (χ4n) is 11.0. The molecule has 7 N–H and O–H groups in total. The number of rotatable bonds is 19. The number of piperidine rings is 2. The third kappa shape index (κ3) is 13.3. The Bertz CT molecular complexity index is 3110. The third-order valence-electron chi connectivity index (χ3n) is 15.6. The van der Waals surface area contributed by atoms with Crippen molar-refractivity contribution in [3.8, 4) is 27.4 Å². The Morgan fingerprint density at radius 3 is 2.43 bits per heavy atom. The van der Waals surface area contributed by atoms with E-state index in [1.165, 1.54) is 17.3 Å². The molecule has 3 amide bonds. The summed E-state index contributed by atoms with van der Waals surface area (Å²) >= 11 is 1.57. The van der Waals surface area contributed by atoms with Crippen LogP contribution in [0.2, 0.25) is 0 Å². The third-order valence-corrected chi connectivity index (χ3v) is 16.5. The van der Waals surface area contributed by atoms with Crippen LogP contribution in [0.15, 0.2) is 72.9 Å². The number of imidazole rings is 1. The molecular weight excluding hydrogens is 1040 g/mol. The first kappa shape index (κ1) is 57.0. The van der Waals surface area contributed by atoms with Crippen LogP contribution < -0.4 is 31.7 Å². The van der Waals surface area contributed by atoms with E-state index in [1.807, 2.05) is 75.4 Å². The summed E-state index contributed by atoms with van der Waals surface area (Å²) in [4.78, 5) is 69.8. The molecule has 7 heterocycles. The van der Waals surface area contributed by atoms with Crippen LogP contribution in [-0.4, -0.2) is 138 Å². The van der Waals surface area contributed by atoms with Crippen molar-refractivity contribution >= 4 is 51.7 Å². The van der Waals surface area contributed by atoms with E-state index >= 15 is 4.39 Å². The molecule has 9 rings (SSSR count). The quantitative estimate of drug-likeness (QED) is 0.0497. The molecule has 0 unspecified atom stereocenters. The van der Waals surface area contributed by atoms with Gasteiger partial charge in [-0.1, -0.05) is 51.5 Å². The molecule has 3 saturated heterocycles. The van der Waals surface area contributed by atoms with Gasteiger partial charge in [0.1, 0.15) is 30.0 Å². The molecule has 422 valence electrons. The number of nitrogen functional groups attached to an aromatic ring is 1. The number of ether oxygens (including phenoxy) is 1.